The second-order valence-electron chi connectivity index (χ2n) is 2.16. The molecule has 0 saturated carbocycles. The van der Waals surface area contributed by atoms with Crippen molar-refractivity contribution in [3.63, 3.8) is 0 Å². The molecule has 1 rings (SSSR count). The molecule has 12 heavy (non-hydrogen) atoms. The highest BCUT2D eigenvalue weighted by molar-refractivity contribution is 14.1. The van der Waals surface area contributed by atoms with Crippen molar-refractivity contribution in [2.24, 2.45) is 0 Å². The first-order chi connectivity index (χ1) is 5.52. The molecule has 6 heteroatoms. The summed E-state index contributed by atoms with van der Waals surface area (Å²) in [6.45, 7) is 0. The molecule has 0 bridgehead atoms. The van der Waals surface area contributed by atoms with Crippen LogP contribution < -0.4 is 5.46 Å². The lowest BCUT2D eigenvalue weighted by molar-refractivity contribution is 0.425. The molecule has 64 valence electrons. The van der Waals surface area contributed by atoms with Crippen LogP contribution in [0.15, 0.2) is 12.1 Å². The predicted octanol–water partition coefficient (Wildman–Crippen LogP) is 1.18. The van der Waals surface area contributed by atoms with Crippen LogP contribution in [0.2, 0.25) is 0 Å². The van der Waals surface area contributed by atoms with Gasteiger partial charge in [0.1, 0.15) is 0 Å². The van der Waals surface area contributed by atoms with Crippen LogP contribution in [0.5, 0.6) is 0 Å². The standard InChI is InChI=1S/C6H4BI3O2/c8-3-1-4(9)6(7(11)12)5(10)2-3/h1-2,11-12H. The topological polar surface area (TPSA) is 40.5 Å². The molecule has 0 spiro atoms. The highest BCUT2D eigenvalue weighted by Crippen LogP contribution is 2.14. The lowest BCUT2D eigenvalue weighted by atomic mass is 9.80. The second kappa shape index (κ2) is 4.76. The van der Waals surface area contributed by atoms with Gasteiger partial charge in [-0.2, -0.15) is 0 Å². The summed E-state index contributed by atoms with van der Waals surface area (Å²) < 4.78 is 2.88. The number of hydrogen-bond donors (Lipinski definition) is 2. The summed E-state index contributed by atoms with van der Waals surface area (Å²) in [6, 6.07) is 3.83. The van der Waals surface area contributed by atoms with Crippen LogP contribution >= 0.6 is 67.8 Å². The van der Waals surface area contributed by atoms with E-state index in [2.05, 4.69) is 67.8 Å². The number of hydrogen-bond acceptors (Lipinski definition) is 2. The van der Waals surface area contributed by atoms with E-state index >= 15 is 0 Å². The van der Waals surface area contributed by atoms with Crippen molar-refractivity contribution in [1.29, 1.82) is 0 Å². The molecule has 0 atom stereocenters. The van der Waals surface area contributed by atoms with Gasteiger partial charge in [-0.3, -0.25) is 0 Å². The molecule has 0 fully saturated rings. The number of rotatable bonds is 1. The first-order valence-electron chi connectivity index (χ1n) is 3.03. The van der Waals surface area contributed by atoms with Crippen molar-refractivity contribution < 1.29 is 10.0 Å². The van der Waals surface area contributed by atoms with Gasteiger partial charge < -0.3 is 10.0 Å². The second-order valence-corrected chi connectivity index (χ2v) is 5.73. The largest absolute Gasteiger partial charge is 0.490 e. The first kappa shape index (κ1) is 11.5. The van der Waals surface area contributed by atoms with Crippen molar-refractivity contribution in [1.82, 2.24) is 0 Å². The SMILES string of the molecule is OB(O)c1c(I)cc(I)cc1I. The minimum absolute atomic E-state index is 0.594. The average molecular weight is 500 g/mol. The van der Waals surface area contributed by atoms with Gasteiger partial charge in [0.05, 0.1) is 0 Å². The third-order valence-corrected chi connectivity index (χ3v) is 3.71. The molecule has 2 N–H and O–H groups in total. The van der Waals surface area contributed by atoms with Crippen LogP contribution in [0.3, 0.4) is 0 Å². The van der Waals surface area contributed by atoms with E-state index in [4.69, 9.17) is 10.0 Å². The Hall–Kier alpha value is 1.39. The van der Waals surface area contributed by atoms with Gasteiger partial charge in [0.2, 0.25) is 0 Å². The maximum atomic E-state index is 9.02. The Labute approximate surface area is 112 Å². The van der Waals surface area contributed by atoms with Crippen LogP contribution in [0.1, 0.15) is 0 Å². The molecule has 1 aromatic rings. The normalized spacial score (nSPS) is 10.1. The molecule has 0 aliphatic heterocycles. The van der Waals surface area contributed by atoms with Crippen molar-refractivity contribution >= 4 is 80.4 Å². The summed E-state index contributed by atoms with van der Waals surface area (Å²) in [4.78, 5) is 0. The molecule has 0 heterocycles. The average Bonchev–Trinajstić information content (AvgIpc) is 1.82. The quantitative estimate of drug-likeness (QED) is 0.450. The van der Waals surface area contributed by atoms with E-state index in [1.165, 1.54) is 0 Å². The molecule has 0 saturated heterocycles. The highest BCUT2D eigenvalue weighted by Gasteiger charge is 2.18. The third-order valence-electron chi connectivity index (χ3n) is 1.30. The number of benzene rings is 1. The monoisotopic (exact) mass is 500 g/mol. The summed E-state index contributed by atoms with van der Waals surface area (Å²) in [5.74, 6) is 0. The lowest BCUT2D eigenvalue weighted by Crippen LogP contribution is -2.35. The minimum atomic E-state index is -1.37. The molecule has 0 unspecified atom stereocenters. The Kier molecular flexibility index (Phi) is 4.55. The van der Waals surface area contributed by atoms with Gasteiger partial charge >= 0.3 is 7.12 Å². The number of halogens is 3. The Morgan fingerprint density at radius 2 is 1.42 bits per heavy atom. The van der Waals surface area contributed by atoms with Crippen LogP contribution in [0.4, 0.5) is 0 Å². The van der Waals surface area contributed by atoms with Crippen LogP contribution in [-0.4, -0.2) is 17.2 Å². The van der Waals surface area contributed by atoms with Crippen molar-refractivity contribution in [2.45, 2.75) is 0 Å². The summed E-state index contributed by atoms with van der Waals surface area (Å²) in [6.07, 6.45) is 0. The van der Waals surface area contributed by atoms with Gasteiger partial charge in [-0.15, -0.1) is 0 Å². The van der Waals surface area contributed by atoms with Gasteiger partial charge in [0, 0.05) is 16.2 Å². The molecular formula is C6H4BI3O2. The summed E-state index contributed by atoms with van der Waals surface area (Å²) in [7, 11) is -1.37. The summed E-state index contributed by atoms with van der Waals surface area (Å²) in [5.41, 5.74) is 0.594. The zero-order valence-corrected chi connectivity index (χ0v) is 12.2. The fraction of sp³-hybridized carbons (Fsp3) is 0. The predicted molar refractivity (Wildman–Crippen MR) is 74.4 cm³/mol. The Bertz CT molecular complexity index is 280. The Morgan fingerprint density at radius 1 is 1.00 bits per heavy atom. The summed E-state index contributed by atoms with van der Waals surface area (Å²) in [5, 5.41) is 18.0. The highest BCUT2D eigenvalue weighted by atomic mass is 127. The van der Waals surface area contributed by atoms with E-state index in [0.29, 0.717) is 5.46 Å². The zero-order chi connectivity index (χ0) is 9.30. The van der Waals surface area contributed by atoms with Gasteiger partial charge in [0.15, 0.2) is 0 Å². The first-order valence-corrected chi connectivity index (χ1v) is 6.26. The van der Waals surface area contributed by atoms with Gasteiger partial charge in [-0.25, -0.2) is 0 Å². The van der Waals surface area contributed by atoms with E-state index < -0.39 is 7.12 Å². The molecule has 0 amide bonds. The molecule has 0 aromatic heterocycles. The maximum Gasteiger partial charge on any atom is 0.490 e. The van der Waals surface area contributed by atoms with Crippen LogP contribution in [0.25, 0.3) is 0 Å². The van der Waals surface area contributed by atoms with Gasteiger partial charge in [-0.05, 0) is 79.9 Å². The lowest BCUT2D eigenvalue weighted by Gasteiger charge is -2.06. The Balaban J connectivity index is 3.28. The molecule has 0 radical (unpaired) electrons. The molecule has 0 aliphatic carbocycles. The van der Waals surface area contributed by atoms with Crippen LogP contribution in [-0.2, 0) is 0 Å². The third kappa shape index (κ3) is 2.69. The van der Waals surface area contributed by atoms with Crippen LogP contribution in [0, 0.1) is 10.7 Å². The van der Waals surface area contributed by atoms with E-state index in [1.807, 2.05) is 12.1 Å². The fourth-order valence-corrected chi connectivity index (χ4v) is 4.94. The molecule has 1 aromatic carbocycles. The van der Waals surface area contributed by atoms with E-state index in [1.54, 1.807) is 0 Å². The van der Waals surface area contributed by atoms with Crippen molar-refractivity contribution in [2.75, 3.05) is 0 Å². The van der Waals surface area contributed by atoms with Gasteiger partial charge in [-0.1, -0.05) is 0 Å². The van der Waals surface area contributed by atoms with Gasteiger partial charge in [0.25, 0.3) is 0 Å². The maximum absolute atomic E-state index is 9.02. The zero-order valence-electron chi connectivity index (χ0n) is 5.76. The van der Waals surface area contributed by atoms with E-state index in [0.717, 1.165) is 10.7 Å². The molecular weight excluding hydrogens is 496 g/mol. The fourth-order valence-electron chi connectivity index (χ4n) is 0.800. The Morgan fingerprint density at radius 3 is 1.75 bits per heavy atom. The molecule has 2 nitrogen and oxygen atoms in total. The minimum Gasteiger partial charge on any atom is -0.423 e. The smallest absolute Gasteiger partial charge is 0.423 e. The molecule has 0 aliphatic rings. The van der Waals surface area contributed by atoms with E-state index in [9.17, 15) is 0 Å². The summed E-state index contributed by atoms with van der Waals surface area (Å²) >= 11 is 6.39. The van der Waals surface area contributed by atoms with Crippen molar-refractivity contribution in [3.8, 4) is 0 Å². The van der Waals surface area contributed by atoms with Crippen molar-refractivity contribution in [3.05, 3.63) is 22.8 Å². The van der Waals surface area contributed by atoms with E-state index in [-0.39, 0.29) is 0 Å².